The summed E-state index contributed by atoms with van der Waals surface area (Å²) in [5.41, 5.74) is 3.08. The molecule has 1 heterocycles. The number of ketones is 1. The van der Waals surface area contributed by atoms with E-state index in [9.17, 15) is 14.7 Å². The number of rotatable bonds is 4. The number of ether oxygens (including phenoxy) is 2. The van der Waals surface area contributed by atoms with Gasteiger partial charge < -0.3 is 19.9 Å². The highest BCUT2D eigenvalue weighted by Gasteiger charge is 2.38. The minimum Gasteiger partial charge on any atom is -0.504 e. The highest BCUT2D eigenvalue weighted by atomic mass is 16.5. The molecule has 4 rings (SSSR count). The van der Waals surface area contributed by atoms with Gasteiger partial charge in [0, 0.05) is 30.0 Å². The van der Waals surface area contributed by atoms with Gasteiger partial charge in [-0.05, 0) is 47.7 Å². The quantitative estimate of drug-likeness (QED) is 0.832. The predicted molar refractivity (Wildman–Crippen MR) is 107 cm³/mol. The Kier molecular flexibility index (Phi) is 5.01. The lowest BCUT2D eigenvalue weighted by atomic mass is 9.73. The first-order valence-corrected chi connectivity index (χ1v) is 9.57. The van der Waals surface area contributed by atoms with Crippen molar-refractivity contribution >= 4 is 11.7 Å². The molecule has 0 bridgehead atoms. The minimum atomic E-state index is -0.366. The van der Waals surface area contributed by atoms with Gasteiger partial charge in [-0.2, -0.15) is 0 Å². The van der Waals surface area contributed by atoms with E-state index in [0.717, 1.165) is 16.9 Å². The van der Waals surface area contributed by atoms with E-state index in [2.05, 4.69) is 5.32 Å². The maximum Gasteiger partial charge on any atom is 0.225 e. The van der Waals surface area contributed by atoms with E-state index >= 15 is 0 Å². The summed E-state index contributed by atoms with van der Waals surface area (Å²) in [5, 5.41) is 13.1. The SMILES string of the molecule is COc1cccc([C@@H]2CC(=O)C3=C(C2)NC(=O)C[C@@H]3c2ccc(OC)c(O)c2)c1. The van der Waals surface area contributed by atoms with Gasteiger partial charge in [-0.25, -0.2) is 0 Å². The normalized spacial score (nSPS) is 21.4. The maximum absolute atomic E-state index is 13.1. The van der Waals surface area contributed by atoms with Crippen molar-refractivity contribution in [3.05, 3.63) is 64.9 Å². The summed E-state index contributed by atoms with van der Waals surface area (Å²) in [4.78, 5) is 25.5. The van der Waals surface area contributed by atoms with Crippen LogP contribution < -0.4 is 14.8 Å². The Bertz CT molecular complexity index is 1010. The van der Waals surface area contributed by atoms with Crippen molar-refractivity contribution < 1.29 is 24.2 Å². The van der Waals surface area contributed by atoms with Crippen molar-refractivity contribution in [3.8, 4) is 17.2 Å². The molecule has 150 valence electrons. The van der Waals surface area contributed by atoms with Crippen LogP contribution in [0.2, 0.25) is 0 Å². The van der Waals surface area contributed by atoms with Crippen LogP contribution >= 0.6 is 0 Å². The smallest absolute Gasteiger partial charge is 0.225 e. The topological polar surface area (TPSA) is 84.9 Å². The predicted octanol–water partition coefficient (Wildman–Crippen LogP) is 3.41. The molecule has 29 heavy (non-hydrogen) atoms. The number of amides is 1. The number of Topliss-reactive ketones (excluding diaryl/α,β-unsaturated/α-hetero) is 1. The molecule has 2 aliphatic rings. The Morgan fingerprint density at radius 1 is 0.966 bits per heavy atom. The summed E-state index contributed by atoms with van der Waals surface area (Å²) in [5.74, 6) is 0.623. The van der Waals surface area contributed by atoms with E-state index in [1.807, 2.05) is 24.3 Å². The summed E-state index contributed by atoms with van der Waals surface area (Å²) >= 11 is 0. The Morgan fingerprint density at radius 2 is 1.79 bits per heavy atom. The number of carbonyl (C=O) groups excluding carboxylic acids is 2. The molecule has 0 saturated heterocycles. The van der Waals surface area contributed by atoms with Gasteiger partial charge in [-0.15, -0.1) is 0 Å². The van der Waals surface area contributed by atoms with Crippen LogP contribution in [0.4, 0.5) is 0 Å². The van der Waals surface area contributed by atoms with Crippen LogP contribution in [0.3, 0.4) is 0 Å². The lowest BCUT2D eigenvalue weighted by molar-refractivity contribution is -0.122. The molecule has 6 heteroatoms. The Morgan fingerprint density at radius 3 is 2.52 bits per heavy atom. The third-order valence-electron chi connectivity index (χ3n) is 5.71. The van der Waals surface area contributed by atoms with Crippen LogP contribution in [-0.2, 0) is 9.59 Å². The van der Waals surface area contributed by atoms with E-state index in [1.54, 1.807) is 25.3 Å². The fraction of sp³-hybridized carbons (Fsp3) is 0.304. The number of hydrogen-bond donors (Lipinski definition) is 2. The lowest BCUT2D eigenvalue weighted by Crippen LogP contribution is -2.38. The third kappa shape index (κ3) is 3.58. The van der Waals surface area contributed by atoms with Crippen molar-refractivity contribution in [1.29, 1.82) is 0 Å². The zero-order valence-corrected chi connectivity index (χ0v) is 16.4. The van der Waals surface area contributed by atoms with E-state index in [-0.39, 0.29) is 35.7 Å². The molecule has 0 spiro atoms. The van der Waals surface area contributed by atoms with Gasteiger partial charge in [-0.1, -0.05) is 18.2 Å². The number of allylic oxidation sites excluding steroid dienone is 2. The summed E-state index contributed by atoms with van der Waals surface area (Å²) in [7, 11) is 3.09. The molecule has 2 aromatic rings. The second kappa shape index (κ2) is 7.62. The van der Waals surface area contributed by atoms with Crippen molar-refractivity contribution in [1.82, 2.24) is 5.32 Å². The molecule has 1 aliphatic heterocycles. The van der Waals surface area contributed by atoms with Gasteiger partial charge in [-0.3, -0.25) is 9.59 Å². The highest BCUT2D eigenvalue weighted by molar-refractivity contribution is 6.02. The van der Waals surface area contributed by atoms with Crippen molar-refractivity contribution in [3.63, 3.8) is 0 Å². The monoisotopic (exact) mass is 393 g/mol. The van der Waals surface area contributed by atoms with Crippen LogP contribution in [0.5, 0.6) is 17.2 Å². The average molecular weight is 393 g/mol. The van der Waals surface area contributed by atoms with Crippen LogP contribution in [0.15, 0.2) is 53.7 Å². The molecule has 0 fully saturated rings. The fourth-order valence-corrected chi connectivity index (χ4v) is 4.30. The van der Waals surface area contributed by atoms with Crippen LogP contribution in [0, 0.1) is 0 Å². The first-order valence-electron chi connectivity index (χ1n) is 9.57. The number of phenols is 1. The number of aromatic hydroxyl groups is 1. The third-order valence-corrected chi connectivity index (χ3v) is 5.71. The van der Waals surface area contributed by atoms with Gasteiger partial charge in [0.1, 0.15) is 5.75 Å². The van der Waals surface area contributed by atoms with Crippen molar-refractivity contribution in [2.24, 2.45) is 0 Å². The van der Waals surface area contributed by atoms with Crippen molar-refractivity contribution in [2.75, 3.05) is 14.2 Å². The van der Waals surface area contributed by atoms with E-state index in [0.29, 0.717) is 29.9 Å². The number of benzene rings is 2. The first-order chi connectivity index (χ1) is 14.0. The molecule has 1 amide bonds. The number of hydrogen-bond acceptors (Lipinski definition) is 5. The highest BCUT2D eigenvalue weighted by Crippen LogP contribution is 2.44. The largest absolute Gasteiger partial charge is 0.504 e. The molecule has 0 saturated carbocycles. The molecule has 0 aromatic heterocycles. The molecular formula is C23H23NO5. The molecule has 2 aromatic carbocycles. The molecule has 2 N–H and O–H groups in total. The molecule has 0 radical (unpaired) electrons. The number of phenolic OH excluding ortho intramolecular Hbond substituents is 1. The molecular weight excluding hydrogens is 370 g/mol. The van der Waals surface area contributed by atoms with E-state index in [4.69, 9.17) is 9.47 Å². The number of nitrogens with one attached hydrogen (secondary N) is 1. The zero-order chi connectivity index (χ0) is 20.5. The van der Waals surface area contributed by atoms with Crippen LogP contribution in [0.25, 0.3) is 0 Å². The molecule has 1 aliphatic carbocycles. The van der Waals surface area contributed by atoms with Gasteiger partial charge >= 0.3 is 0 Å². The standard InChI is InChI=1S/C23H23NO5/c1-28-16-5-3-4-13(8-16)15-9-18-23(20(26)11-15)17(12-22(27)24-18)14-6-7-21(29-2)19(25)10-14/h3-8,10,15,17,25H,9,11-12H2,1-2H3,(H,24,27)/t15-,17+/m0/s1. The zero-order valence-electron chi connectivity index (χ0n) is 16.4. The molecule has 0 unspecified atom stereocenters. The Labute approximate surface area is 169 Å². The van der Waals surface area contributed by atoms with Gasteiger partial charge in [0.15, 0.2) is 17.3 Å². The van der Waals surface area contributed by atoms with Crippen LogP contribution in [-0.4, -0.2) is 31.0 Å². The Hall–Kier alpha value is -3.28. The van der Waals surface area contributed by atoms with Crippen molar-refractivity contribution in [2.45, 2.75) is 31.1 Å². The molecule has 2 atom stereocenters. The van der Waals surface area contributed by atoms with Crippen LogP contribution in [0.1, 0.15) is 42.2 Å². The van der Waals surface area contributed by atoms with Gasteiger partial charge in [0.25, 0.3) is 0 Å². The second-order valence-electron chi connectivity index (χ2n) is 7.43. The fourth-order valence-electron chi connectivity index (χ4n) is 4.30. The first kappa shape index (κ1) is 19.1. The summed E-state index contributed by atoms with van der Waals surface area (Å²) < 4.78 is 10.4. The van der Waals surface area contributed by atoms with Gasteiger partial charge in [0.05, 0.1) is 14.2 Å². The van der Waals surface area contributed by atoms with E-state index in [1.165, 1.54) is 7.11 Å². The number of carbonyl (C=O) groups is 2. The summed E-state index contributed by atoms with van der Waals surface area (Å²) in [6, 6.07) is 12.7. The minimum absolute atomic E-state index is 0.00403. The summed E-state index contributed by atoms with van der Waals surface area (Å²) in [6.45, 7) is 0. The maximum atomic E-state index is 13.1. The Balaban J connectivity index is 1.70. The molecule has 6 nitrogen and oxygen atoms in total. The number of methoxy groups -OCH3 is 2. The van der Waals surface area contributed by atoms with Gasteiger partial charge in [0.2, 0.25) is 5.91 Å². The summed E-state index contributed by atoms with van der Waals surface area (Å²) in [6.07, 6.45) is 1.14. The lowest BCUT2D eigenvalue weighted by Gasteiger charge is -2.34. The average Bonchev–Trinajstić information content (AvgIpc) is 2.72. The van der Waals surface area contributed by atoms with E-state index < -0.39 is 0 Å². The second-order valence-corrected chi connectivity index (χ2v) is 7.43.